The highest BCUT2D eigenvalue weighted by Crippen LogP contribution is 2.28. The maximum Gasteiger partial charge on any atom is 0.141 e. The number of hydrogen-bond donors (Lipinski definition) is 0. The molecule has 0 fully saturated rings. The molecular weight excluding hydrogens is 178 g/mol. The molecule has 1 aromatic heterocycles. The third kappa shape index (κ3) is 0.932. The minimum absolute atomic E-state index is 0.312. The van der Waals surface area contributed by atoms with E-state index in [-0.39, 0.29) is 11.6 Å². The molecule has 1 aromatic carbocycles. The predicted octanol–water partition coefficient (Wildman–Crippen LogP) is 3.49. The fraction of sp³-hybridized carbons (Fsp3) is 0.111. The maximum absolute atomic E-state index is 13.3. The van der Waals surface area contributed by atoms with Crippen molar-refractivity contribution in [2.24, 2.45) is 0 Å². The van der Waals surface area contributed by atoms with E-state index in [9.17, 15) is 8.78 Å². The first-order valence-corrected chi connectivity index (χ1v) is 4.40. The number of aryl methyl sites for hydroxylation is 1. The summed E-state index contributed by atoms with van der Waals surface area (Å²) in [4.78, 5) is 0. The van der Waals surface area contributed by atoms with Gasteiger partial charge in [0.25, 0.3) is 0 Å². The molecule has 0 unspecified atom stereocenters. The Morgan fingerprint density at radius 1 is 1.33 bits per heavy atom. The Bertz CT molecular complexity index is 431. The zero-order valence-electron chi connectivity index (χ0n) is 6.40. The smallest absolute Gasteiger partial charge is 0.141 e. The third-order valence-electron chi connectivity index (χ3n) is 1.81. The van der Waals surface area contributed by atoms with Crippen LogP contribution >= 0.6 is 11.3 Å². The fourth-order valence-corrected chi connectivity index (χ4v) is 1.99. The first-order valence-electron chi connectivity index (χ1n) is 3.52. The number of fused-ring (bicyclic) bond motifs is 1. The van der Waals surface area contributed by atoms with Gasteiger partial charge in [0, 0.05) is 5.39 Å². The summed E-state index contributed by atoms with van der Waals surface area (Å²) in [6.45, 7) is 1.56. The monoisotopic (exact) mass is 184 g/mol. The van der Waals surface area contributed by atoms with Crippen LogP contribution in [-0.2, 0) is 0 Å². The van der Waals surface area contributed by atoms with E-state index in [0.29, 0.717) is 15.6 Å². The van der Waals surface area contributed by atoms with Crippen LogP contribution in [0.25, 0.3) is 10.1 Å². The van der Waals surface area contributed by atoms with Gasteiger partial charge >= 0.3 is 0 Å². The summed E-state index contributed by atoms with van der Waals surface area (Å²) >= 11 is 1.22. The molecule has 0 spiro atoms. The second kappa shape index (κ2) is 2.52. The lowest BCUT2D eigenvalue weighted by Crippen LogP contribution is -1.85. The summed E-state index contributed by atoms with van der Waals surface area (Å²) in [5, 5.41) is 2.08. The van der Waals surface area contributed by atoms with Crippen LogP contribution in [0.2, 0.25) is 0 Å². The van der Waals surface area contributed by atoms with E-state index in [1.807, 2.05) is 0 Å². The number of halogens is 2. The van der Waals surface area contributed by atoms with Gasteiger partial charge in [-0.1, -0.05) is 0 Å². The van der Waals surface area contributed by atoms with Crippen LogP contribution in [0.1, 0.15) is 5.56 Å². The molecule has 0 N–H and O–H groups in total. The SMILES string of the molecule is Cc1cc(F)c2sccc2c1F. The molecule has 1 heterocycles. The highest BCUT2D eigenvalue weighted by molar-refractivity contribution is 7.17. The molecular formula is C9H6F2S. The number of benzene rings is 1. The molecule has 2 aromatic rings. The standard InChI is InChI=1S/C9H6F2S/c1-5-4-7(10)9-6(8(5)11)2-3-12-9/h2-4H,1H3. The Kier molecular flexibility index (Phi) is 1.61. The molecule has 0 aliphatic heterocycles. The summed E-state index contributed by atoms with van der Waals surface area (Å²) in [6, 6.07) is 2.83. The Morgan fingerprint density at radius 2 is 2.08 bits per heavy atom. The molecule has 3 heteroatoms. The topological polar surface area (TPSA) is 0 Å². The van der Waals surface area contributed by atoms with Crippen LogP contribution in [0.5, 0.6) is 0 Å². The molecule has 0 bridgehead atoms. The molecule has 62 valence electrons. The molecule has 0 atom stereocenters. The van der Waals surface area contributed by atoms with Crippen LogP contribution < -0.4 is 0 Å². The van der Waals surface area contributed by atoms with E-state index in [1.54, 1.807) is 18.4 Å². The van der Waals surface area contributed by atoms with E-state index in [4.69, 9.17) is 0 Å². The zero-order valence-corrected chi connectivity index (χ0v) is 7.21. The fourth-order valence-electron chi connectivity index (χ4n) is 1.20. The van der Waals surface area contributed by atoms with E-state index in [0.717, 1.165) is 0 Å². The van der Waals surface area contributed by atoms with E-state index in [2.05, 4.69) is 0 Å². The second-order valence-corrected chi connectivity index (χ2v) is 3.57. The molecule has 0 amide bonds. The lowest BCUT2D eigenvalue weighted by molar-refractivity contribution is 0.611. The summed E-state index contributed by atoms with van der Waals surface area (Å²) < 4.78 is 26.8. The van der Waals surface area contributed by atoms with Gasteiger partial charge in [-0.05, 0) is 30.0 Å². The van der Waals surface area contributed by atoms with Crippen LogP contribution in [0.15, 0.2) is 17.5 Å². The van der Waals surface area contributed by atoms with Crippen molar-refractivity contribution in [1.82, 2.24) is 0 Å². The zero-order chi connectivity index (χ0) is 8.72. The lowest BCUT2D eigenvalue weighted by Gasteiger charge is -1.98. The van der Waals surface area contributed by atoms with Gasteiger partial charge in [0.15, 0.2) is 0 Å². The van der Waals surface area contributed by atoms with Gasteiger partial charge in [-0.3, -0.25) is 0 Å². The Morgan fingerprint density at radius 3 is 2.83 bits per heavy atom. The average Bonchev–Trinajstić information content (AvgIpc) is 2.48. The molecule has 0 saturated carbocycles. The van der Waals surface area contributed by atoms with Gasteiger partial charge in [-0.25, -0.2) is 8.78 Å². The van der Waals surface area contributed by atoms with Gasteiger partial charge in [-0.15, -0.1) is 11.3 Å². The number of hydrogen-bond acceptors (Lipinski definition) is 1. The van der Waals surface area contributed by atoms with Gasteiger partial charge in [-0.2, -0.15) is 0 Å². The predicted molar refractivity (Wildman–Crippen MR) is 46.5 cm³/mol. The van der Waals surface area contributed by atoms with Crippen molar-refractivity contribution in [3.05, 3.63) is 34.7 Å². The summed E-state index contributed by atoms with van der Waals surface area (Å²) in [7, 11) is 0. The van der Waals surface area contributed by atoms with Crippen LogP contribution in [0.4, 0.5) is 8.78 Å². The maximum atomic E-state index is 13.3. The Labute approximate surface area is 72.4 Å². The van der Waals surface area contributed by atoms with Crippen molar-refractivity contribution in [3.63, 3.8) is 0 Å². The first-order chi connectivity index (χ1) is 5.70. The largest absolute Gasteiger partial charge is 0.206 e. The molecule has 0 aliphatic carbocycles. The highest BCUT2D eigenvalue weighted by atomic mass is 32.1. The molecule has 0 saturated heterocycles. The van der Waals surface area contributed by atoms with Crippen molar-refractivity contribution in [2.45, 2.75) is 6.92 Å². The summed E-state index contributed by atoms with van der Waals surface area (Å²) in [6.07, 6.45) is 0. The quantitative estimate of drug-likeness (QED) is 0.588. The van der Waals surface area contributed by atoms with Crippen LogP contribution in [0.3, 0.4) is 0 Å². The molecule has 12 heavy (non-hydrogen) atoms. The molecule has 0 aliphatic rings. The normalized spacial score (nSPS) is 10.9. The molecule has 0 nitrogen and oxygen atoms in total. The summed E-state index contributed by atoms with van der Waals surface area (Å²) in [5.41, 5.74) is 0.360. The Hall–Kier alpha value is -0.960. The van der Waals surface area contributed by atoms with Crippen molar-refractivity contribution in [3.8, 4) is 0 Å². The van der Waals surface area contributed by atoms with Crippen molar-refractivity contribution in [2.75, 3.05) is 0 Å². The Balaban J connectivity index is 2.97. The number of rotatable bonds is 0. The highest BCUT2D eigenvalue weighted by Gasteiger charge is 2.09. The van der Waals surface area contributed by atoms with Crippen molar-refractivity contribution in [1.29, 1.82) is 0 Å². The first kappa shape index (κ1) is 7.68. The van der Waals surface area contributed by atoms with Crippen LogP contribution in [-0.4, -0.2) is 0 Å². The van der Waals surface area contributed by atoms with Gasteiger partial charge in [0.05, 0.1) is 4.70 Å². The second-order valence-electron chi connectivity index (χ2n) is 2.65. The van der Waals surface area contributed by atoms with Gasteiger partial charge in [0.2, 0.25) is 0 Å². The number of thiophene rings is 1. The van der Waals surface area contributed by atoms with Gasteiger partial charge in [0.1, 0.15) is 11.6 Å². The van der Waals surface area contributed by atoms with E-state index >= 15 is 0 Å². The minimum Gasteiger partial charge on any atom is -0.206 e. The molecule has 0 radical (unpaired) electrons. The minimum atomic E-state index is -0.334. The van der Waals surface area contributed by atoms with E-state index in [1.165, 1.54) is 17.4 Å². The summed E-state index contributed by atoms with van der Waals surface area (Å²) in [5.74, 6) is -0.647. The van der Waals surface area contributed by atoms with Crippen molar-refractivity contribution >= 4 is 21.4 Å². The third-order valence-corrected chi connectivity index (χ3v) is 2.73. The average molecular weight is 184 g/mol. The van der Waals surface area contributed by atoms with Crippen LogP contribution in [0, 0.1) is 18.6 Å². The van der Waals surface area contributed by atoms with Crippen molar-refractivity contribution < 1.29 is 8.78 Å². The lowest BCUT2D eigenvalue weighted by atomic mass is 10.1. The molecule has 2 rings (SSSR count). The van der Waals surface area contributed by atoms with Gasteiger partial charge < -0.3 is 0 Å². The van der Waals surface area contributed by atoms with E-state index < -0.39 is 0 Å².